The maximum Gasteiger partial charge on any atom is 0.161 e. The summed E-state index contributed by atoms with van der Waals surface area (Å²) >= 11 is 1.81. The Kier molecular flexibility index (Phi) is 24.7. The number of benzene rings is 1. The molecule has 0 saturated carbocycles. The highest BCUT2D eigenvalue weighted by Gasteiger charge is 2.35. The molecule has 2 aliphatic heterocycles. The van der Waals surface area contributed by atoms with Crippen molar-refractivity contribution < 1.29 is 4.79 Å². The van der Waals surface area contributed by atoms with Gasteiger partial charge >= 0.3 is 0 Å². The van der Waals surface area contributed by atoms with Crippen molar-refractivity contribution in [3.8, 4) is 0 Å². The van der Waals surface area contributed by atoms with Gasteiger partial charge in [-0.1, -0.05) is 71.9 Å². The van der Waals surface area contributed by atoms with Crippen LogP contribution in [-0.4, -0.2) is 42.2 Å². The summed E-state index contributed by atoms with van der Waals surface area (Å²) in [5.41, 5.74) is 14.6. The monoisotopic (exact) mass is 599 g/mol. The SMILES string of the molecule is C/C=C\N1C=C(C(C)=O)C=C/C1=C/C.C=C1NCCCC1(CCC)CN(C)Sc1ccc(CN)cc1.CC.CC.CN. The van der Waals surface area contributed by atoms with Gasteiger partial charge in [0.25, 0.3) is 0 Å². The van der Waals surface area contributed by atoms with E-state index in [9.17, 15) is 4.79 Å². The van der Waals surface area contributed by atoms with Crippen LogP contribution in [0.2, 0.25) is 0 Å². The van der Waals surface area contributed by atoms with E-state index in [4.69, 9.17) is 5.73 Å². The molecular weight excluding hydrogens is 538 g/mol. The molecule has 0 bridgehead atoms. The highest BCUT2D eigenvalue weighted by Crippen LogP contribution is 2.40. The van der Waals surface area contributed by atoms with E-state index < -0.39 is 0 Å². The number of hydrogen-bond donors (Lipinski definition) is 3. The fourth-order valence-electron chi connectivity index (χ4n) is 4.61. The fraction of sp³-hybridized carbons (Fsp3) is 0.514. The minimum absolute atomic E-state index is 0.0888. The number of carbonyl (C=O) groups is 1. The van der Waals surface area contributed by atoms with E-state index in [1.54, 1.807) is 18.9 Å². The first-order chi connectivity index (χ1) is 20.3. The van der Waals surface area contributed by atoms with Crippen molar-refractivity contribution in [1.82, 2.24) is 14.5 Å². The lowest BCUT2D eigenvalue weighted by atomic mass is 9.74. The first kappa shape index (κ1) is 41.6. The quantitative estimate of drug-likeness (QED) is 0.247. The molecule has 1 aromatic rings. The Morgan fingerprint density at radius 2 is 1.76 bits per heavy atom. The average Bonchev–Trinajstić information content (AvgIpc) is 3.02. The summed E-state index contributed by atoms with van der Waals surface area (Å²) in [4.78, 5) is 14.4. The Morgan fingerprint density at radius 3 is 2.24 bits per heavy atom. The van der Waals surface area contributed by atoms with Gasteiger partial charge in [-0.2, -0.15) is 0 Å². The summed E-state index contributed by atoms with van der Waals surface area (Å²) in [6, 6.07) is 8.53. The maximum absolute atomic E-state index is 11.2. The molecule has 7 heteroatoms. The van der Waals surface area contributed by atoms with E-state index in [1.165, 1.54) is 48.9 Å². The predicted molar refractivity (Wildman–Crippen MR) is 188 cm³/mol. The van der Waals surface area contributed by atoms with Crippen LogP contribution in [0.5, 0.6) is 0 Å². The van der Waals surface area contributed by atoms with Crippen LogP contribution < -0.4 is 16.8 Å². The van der Waals surface area contributed by atoms with Crippen LogP contribution in [0, 0.1) is 5.41 Å². The van der Waals surface area contributed by atoms with E-state index in [0.717, 1.165) is 24.4 Å². The van der Waals surface area contributed by atoms with Crippen LogP contribution in [0.1, 0.15) is 86.6 Å². The lowest BCUT2D eigenvalue weighted by Crippen LogP contribution is -2.43. The van der Waals surface area contributed by atoms with Crippen molar-refractivity contribution in [2.24, 2.45) is 16.9 Å². The van der Waals surface area contributed by atoms with Gasteiger partial charge < -0.3 is 21.7 Å². The van der Waals surface area contributed by atoms with Gasteiger partial charge in [0.05, 0.1) is 0 Å². The van der Waals surface area contributed by atoms with E-state index in [2.05, 4.69) is 60.2 Å². The van der Waals surface area contributed by atoms with E-state index in [0.29, 0.717) is 6.54 Å². The molecule has 3 rings (SSSR count). The standard InChI is InChI=1S/C18H29N3S.C12H15NO.2C2H6.CH5N/c1-4-10-18(11-5-12-20-15(18)2)14-21(3)22-17-8-6-16(13-19)7-9-17;1-4-8-13-9-11(10(3)14)6-7-12(13)5-2;3*1-2/h6-9,20H,2,4-5,10-14,19H2,1,3H3;4-9H,1-3H3;2*1-2H3;2H2,1H3/b;8-4-,12-5-;;;. The van der Waals surface area contributed by atoms with Crippen LogP contribution in [0.3, 0.4) is 0 Å². The van der Waals surface area contributed by atoms with Crippen LogP contribution in [0.4, 0.5) is 0 Å². The smallest absolute Gasteiger partial charge is 0.161 e. The van der Waals surface area contributed by atoms with Gasteiger partial charge in [-0.15, -0.1) is 0 Å². The number of rotatable bonds is 9. The van der Waals surface area contributed by atoms with Crippen molar-refractivity contribution in [3.63, 3.8) is 0 Å². The highest BCUT2D eigenvalue weighted by molar-refractivity contribution is 7.97. The Hall–Kier alpha value is -2.58. The minimum Gasteiger partial charge on any atom is -0.388 e. The average molecular weight is 600 g/mol. The fourth-order valence-corrected chi connectivity index (χ4v) is 5.54. The number of hydrogen-bond acceptors (Lipinski definition) is 7. The molecule has 238 valence electrons. The van der Waals surface area contributed by atoms with Gasteiger partial charge in [0.15, 0.2) is 5.78 Å². The van der Waals surface area contributed by atoms with Crippen molar-refractivity contribution in [2.75, 3.05) is 27.2 Å². The summed E-state index contributed by atoms with van der Waals surface area (Å²) in [5, 5.41) is 3.50. The number of carbonyl (C=O) groups excluding carboxylic acids is 1. The zero-order valence-corrected chi connectivity index (χ0v) is 29.1. The molecular formula is C35H61N5OS. The maximum atomic E-state index is 11.2. The third kappa shape index (κ3) is 14.5. The van der Waals surface area contributed by atoms with Gasteiger partial charge in [0.1, 0.15) is 0 Å². The number of ketones is 1. The molecule has 0 aliphatic carbocycles. The second-order valence-corrected chi connectivity index (χ2v) is 10.6. The number of allylic oxidation sites excluding steroid dienone is 5. The number of nitrogens with one attached hydrogen (secondary N) is 1. The summed E-state index contributed by atoms with van der Waals surface area (Å²) in [7, 11) is 3.68. The number of nitrogens with two attached hydrogens (primary N) is 2. The lowest BCUT2D eigenvalue weighted by molar-refractivity contribution is -0.113. The van der Waals surface area contributed by atoms with Crippen molar-refractivity contribution in [2.45, 2.75) is 92.5 Å². The first-order valence-corrected chi connectivity index (χ1v) is 16.2. The zero-order valence-electron chi connectivity index (χ0n) is 28.3. The Balaban J connectivity index is 0. The molecule has 42 heavy (non-hydrogen) atoms. The van der Waals surface area contributed by atoms with Crippen LogP contribution in [-0.2, 0) is 11.3 Å². The summed E-state index contributed by atoms with van der Waals surface area (Å²) in [6.45, 7) is 22.8. The summed E-state index contributed by atoms with van der Waals surface area (Å²) in [5.74, 6) is 0.0888. The van der Waals surface area contributed by atoms with Crippen LogP contribution >= 0.6 is 11.9 Å². The Labute approximate surface area is 263 Å². The molecule has 6 nitrogen and oxygen atoms in total. The van der Waals surface area contributed by atoms with Crippen molar-refractivity contribution in [3.05, 3.63) is 90.1 Å². The summed E-state index contributed by atoms with van der Waals surface area (Å²) < 4.78 is 2.35. The van der Waals surface area contributed by atoms with Crippen LogP contribution in [0.15, 0.2) is 89.4 Å². The second-order valence-electron chi connectivity index (χ2n) is 9.34. The largest absolute Gasteiger partial charge is 0.388 e. The van der Waals surface area contributed by atoms with Gasteiger partial charge in [-0.05, 0) is 95.9 Å². The lowest BCUT2D eigenvalue weighted by Gasteiger charge is -2.42. The molecule has 5 N–H and O–H groups in total. The molecule has 0 radical (unpaired) electrons. The molecule has 1 aromatic carbocycles. The first-order valence-electron chi connectivity index (χ1n) is 15.5. The molecule has 0 spiro atoms. The van der Waals surface area contributed by atoms with Crippen molar-refractivity contribution in [1.29, 1.82) is 0 Å². The van der Waals surface area contributed by atoms with E-state index in [-0.39, 0.29) is 11.2 Å². The highest BCUT2D eigenvalue weighted by atomic mass is 32.2. The van der Waals surface area contributed by atoms with Gasteiger partial charge in [0, 0.05) is 59.3 Å². The van der Waals surface area contributed by atoms with Gasteiger partial charge in [0.2, 0.25) is 0 Å². The number of Topliss-reactive ketones (excluding diaryl/α,β-unsaturated/α-hetero) is 1. The normalized spacial score (nSPS) is 18.3. The predicted octanol–water partition coefficient (Wildman–Crippen LogP) is 8.16. The van der Waals surface area contributed by atoms with E-state index in [1.807, 2.05) is 83.1 Å². The van der Waals surface area contributed by atoms with Crippen molar-refractivity contribution >= 4 is 17.7 Å². The van der Waals surface area contributed by atoms with Crippen LogP contribution in [0.25, 0.3) is 0 Å². The molecule has 2 heterocycles. The second kappa shape index (κ2) is 25.0. The Morgan fingerprint density at radius 1 is 1.14 bits per heavy atom. The molecule has 2 aliphatic rings. The number of piperidine rings is 1. The molecule has 1 saturated heterocycles. The Bertz CT molecular complexity index is 993. The molecule has 1 atom stereocenters. The molecule has 1 unspecified atom stereocenters. The molecule has 1 fully saturated rings. The third-order valence-corrected chi connectivity index (χ3v) is 7.43. The summed E-state index contributed by atoms with van der Waals surface area (Å²) in [6.07, 6.45) is 16.4. The van der Waals surface area contributed by atoms with E-state index >= 15 is 0 Å². The number of nitrogens with zero attached hydrogens (tertiary/aromatic N) is 2. The topological polar surface area (TPSA) is 87.6 Å². The minimum atomic E-state index is 0.0888. The third-order valence-electron chi connectivity index (χ3n) is 6.51. The molecule has 0 amide bonds. The zero-order chi connectivity index (χ0) is 32.6. The van der Waals surface area contributed by atoms with Gasteiger partial charge in [-0.3, -0.25) is 4.79 Å². The molecule has 0 aromatic heterocycles. The van der Waals surface area contributed by atoms with Gasteiger partial charge in [-0.25, -0.2) is 4.31 Å².